The molecule has 9 heteroatoms. The molecule has 0 aromatic heterocycles. The summed E-state index contributed by atoms with van der Waals surface area (Å²) in [7, 11) is 1.67. The second kappa shape index (κ2) is 10.9. The summed E-state index contributed by atoms with van der Waals surface area (Å²) in [5, 5.41) is 9.56. The van der Waals surface area contributed by atoms with Crippen molar-refractivity contribution in [3.8, 4) is 5.75 Å². The number of halogens is 2. The number of amidine groups is 1. The number of amides is 1. The third kappa shape index (κ3) is 5.99. The fraction of sp³-hybridized carbons (Fsp3) is 0.0800. The second-order valence-corrected chi connectivity index (χ2v) is 10.7. The van der Waals surface area contributed by atoms with Crippen LogP contribution in [0, 0.1) is 7.14 Å². The van der Waals surface area contributed by atoms with E-state index in [-0.39, 0.29) is 11.5 Å². The average molecular weight is 696 g/mol. The van der Waals surface area contributed by atoms with Gasteiger partial charge in [0.05, 0.1) is 19.7 Å². The number of carboxylic acids is 1. The Hall–Kier alpha value is -2.38. The van der Waals surface area contributed by atoms with Gasteiger partial charge in [0.1, 0.15) is 12.4 Å². The fourth-order valence-electron chi connectivity index (χ4n) is 3.06. The molecular formula is C25H18I2N2O4S. The lowest BCUT2D eigenvalue weighted by Gasteiger charge is -2.09. The number of nitrogens with zero attached hydrogens (tertiary/aromatic N) is 2. The first-order chi connectivity index (χ1) is 16.3. The molecule has 0 unspecified atom stereocenters. The van der Waals surface area contributed by atoms with Gasteiger partial charge in [-0.3, -0.25) is 9.69 Å². The van der Waals surface area contributed by atoms with E-state index >= 15 is 0 Å². The lowest BCUT2D eigenvalue weighted by molar-refractivity contribution is -0.121. The number of thioether (sulfide) groups is 1. The number of hydrogen-bond acceptors (Lipinski definition) is 5. The molecule has 1 fully saturated rings. The van der Waals surface area contributed by atoms with Gasteiger partial charge in [-0.15, -0.1) is 0 Å². The number of likely N-dealkylation sites (N-methyl/N-ethyl adjacent to an activating group) is 1. The quantitative estimate of drug-likeness (QED) is 0.238. The van der Waals surface area contributed by atoms with Crippen molar-refractivity contribution in [1.29, 1.82) is 0 Å². The van der Waals surface area contributed by atoms with Gasteiger partial charge in [-0.2, -0.15) is 0 Å². The minimum absolute atomic E-state index is 0.139. The molecule has 0 spiro atoms. The smallest absolute Gasteiger partial charge is 0.335 e. The van der Waals surface area contributed by atoms with Crippen molar-refractivity contribution in [1.82, 2.24) is 4.90 Å². The summed E-state index contributed by atoms with van der Waals surface area (Å²) in [6, 6.07) is 20.2. The first-order valence-electron chi connectivity index (χ1n) is 10.1. The maximum Gasteiger partial charge on any atom is 0.335 e. The Morgan fingerprint density at radius 1 is 1.09 bits per heavy atom. The van der Waals surface area contributed by atoms with Gasteiger partial charge in [-0.25, -0.2) is 9.79 Å². The molecule has 1 aliphatic rings. The van der Waals surface area contributed by atoms with Crippen LogP contribution in [0.3, 0.4) is 0 Å². The first-order valence-corrected chi connectivity index (χ1v) is 13.0. The molecule has 3 aromatic rings. The molecule has 1 saturated heterocycles. The third-order valence-corrected chi connectivity index (χ3v) is 7.53. The van der Waals surface area contributed by atoms with Gasteiger partial charge in [0.2, 0.25) is 0 Å². The van der Waals surface area contributed by atoms with E-state index in [2.05, 4.69) is 62.3 Å². The van der Waals surface area contributed by atoms with E-state index in [1.165, 1.54) is 32.4 Å². The molecule has 0 bridgehead atoms. The highest BCUT2D eigenvalue weighted by molar-refractivity contribution is 14.1. The van der Waals surface area contributed by atoms with Gasteiger partial charge in [-0.1, -0.05) is 18.2 Å². The van der Waals surface area contributed by atoms with Crippen LogP contribution in [0.4, 0.5) is 5.69 Å². The Morgan fingerprint density at radius 2 is 1.79 bits per heavy atom. The molecular weight excluding hydrogens is 678 g/mol. The maximum atomic E-state index is 12.7. The number of aromatic carboxylic acids is 1. The van der Waals surface area contributed by atoms with Crippen LogP contribution in [-0.4, -0.2) is 34.1 Å². The highest BCUT2D eigenvalue weighted by Gasteiger charge is 2.30. The van der Waals surface area contributed by atoms with Crippen molar-refractivity contribution in [2.24, 2.45) is 4.99 Å². The summed E-state index contributed by atoms with van der Waals surface area (Å²) in [5.41, 5.74) is 2.76. The average Bonchev–Trinajstić information content (AvgIpc) is 3.07. The number of rotatable bonds is 6. The van der Waals surface area contributed by atoms with E-state index in [4.69, 9.17) is 9.84 Å². The molecule has 6 nitrogen and oxygen atoms in total. The van der Waals surface area contributed by atoms with Gasteiger partial charge in [0, 0.05) is 10.6 Å². The van der Waals surface area contributed by atoms with Crippen molar-refractivity contribution in [2.45, 2.75) is 6.61 Å². The van der Waals surface area contributed by atoms with Crippen LogP contribution in [0.25, 0.3) is 6.08 Å². The van der Waals surface area contributed by atoms with Crippen molar-refractivity contribution in [2.75, 3.05) is 7.05 Å². The molecule has 0 saturated carbocycles. The molecule has 0 radical (unpaired) electrons. The standard InChI is InChI=1S/C25H18I2N2O4S/c1-29-23(30)22(34-25(29)28-19-9-5-17(6-10-19)24(31)32)13-16-4-11-21(20(27)12-16)33-14-15-2-7-18(26)8-3-15/h2-13H,14H2,1H3,(H,31,32)/b22-13-,28-25?. The zero-order valence-electron chi connectivity index (χ0n) is 17.9. The van der Waals surface area contributed by atoms with Crippen LogP contribution >= 0.6 is 56.9 Å². The topological polar surface area (TPSA) is 79.2 Å². The number of aliphatic imine (C=N–C) groups is 1. The van der Waals surface area contributed by atoms with Crippen molar-refractivity contribution >= 4 is 85.8 Å². The normalized spacial score (nSPS) is 15.9. The molecule has 0 atom stereocenters. The maximum absolute atomic E-state index is 12.7. The lowest BCUT2D eigenvalue weighted by atomic mass is 10.2. The Labute approximate surface area is 228 Å². The largest absolute Gasteiger partial charge is 0.488 e. The molecule has 1 heterocycles. The molecule has 3 aromatic carbocycles. The monoisotopic (exact) mass is 696 g/mol. The summed E-state index contributed by atoms with van der Waals surface area (Å²) in [6.45, 7) is 0.486. The summed E-state index contributed by atoms with van der Waals surface area (Å²) < 4.78 is 8.10. The number of carbonyl (C=O) groups excluding carboxylic acids is 1. The van der Waals surface area contributed by atoms with Crippen LogP contribution in [0.1, 0.15) is 21.5 Å². The fourth-order valence-corrected chi connectivity index (χ4v) is 5.10. The van der Waals surface area contributed by atoms with Crippen molar-refractivity contribution in [3.05, 3.63) is 95.5 Å². The summed E-state index contributed by atoms with van der Waals surface area (Å²) in [5.74, 6) is -0.344. The Bertz CT molecular complexity index is 1310. The van der Waals surface area contributed by atoms with Gasteiger partial charge < -0.3 is 9.84 Å². The minimum atomic E-state index is -0.993. The zero-order chi connectivity index (χ0) is 24.2. The predicted molar refractivity (Wildman–Crippen MR) is 151 cm³/mol. The summed E-state index contributed by atoms with van der Waals surface area (Å²) in [6.07, 6.45) is 1.84. The van der Waals surface area contributed by atoms with Gasteiger partial charge in [0.15, 0.2) is 5.17 Å². The number of hydrogen-bond donors (Lipinski definition) is 1. The Kier molecular flexibility index (Phi) is 7.94. The number of carbonyl (C=O) groups is 2. The van der Waals surface area contributed by atoms with E-state index in [1.807, 2.05) is 36.4 Å². The van der Waals surface area contributed by atoms with E-state index in [0.717, 1.165) is 20.4 Å². The van der Waals surface area contributed by atoms with Gasteiger partial charge in [0.25, 0.3) is 5.91 Å². The van der Waals surface area contributed by atoms with Gasteiger partial charge in [-0.05, 0) is 123 Å². The minimum Gasteiger partial charge on any atom is -0.488 e. The van der Waals surface area contributed by atoms with Gasteiger partial charge >= 0.3 is 5.97 Å². The zero-order valence-corrected chi connectivity index (χ0v) is 23.0. The molecule has 1 amide bonds. The van der Waals surface area contributed by atoms with E-state index in [9.17, 15) is 9.59 Å². The highest BCUT2D eigenvalue weighted by Crippen LogP contribution is 2.34. The summed E-state index contributed by atoms with van der Waals surface area (Å²) in [4.78, 5) is 30.3. The Morgan fingerprint density at radius 3 is 2.44 bits per heavy atom. The Balaban J connectivity index is 1.47. The second-order valence-electron chi connectivity index (χ2n) is 7.33. The van der Waals surface area contributed by atoms with Crippen LogP contribution in [0.5, 0.6) is 5.75 Å². The van der Waals surface area contributed by atoms with E-state index in [0.29, 0.717) is 22.4 Å². The van der Waals surface area contributed by atoms with Crippen LogP contribution in [-0.2, 0) is 11.4 Å². The molecule has 34 heavy (non-hydrogen) atoms. The SMILES string of the molecule is CN1C(=O)/C(=C/c2ccc(OCc3ccc(I)cc3)c(I)c2)SC1=Nc1ccc(C(=O)O)cc1. The predicted octanol–water partition coefficient (Wildman–Crippen LogP) is 6.41. The van der Waals surface area contributed by atoms with Crippen LogP contribution < -0.4 is 4.74 Å². The van der Waals surface area contributed by atoms with E-state index < -0.39 is 5.97 Å². The van der Waals surface area contributed by atoms with E-state index in [1.54, 1.807) is 19.2 Å². The van der Waals surface area contributed by atoms with Crippen molar-refractivity contribution in [3.63, 3.8) is 0 Å². The van der Waals surface area contributed by atoms with Crippen molar-refractivity contribution < 1.29 is 19.4 Å². The van der Waals surface area contributed by atoms with Crippen LogP contribution in [0.2, 0.25) is 0 Å². The first kappa shape index (κ1) is 24.7. The molecule has 4 rings (SSSR count). The summed E-state index contributed by atoms with van der Waals surface area (Å²) >= 11 is 5.79. The molecule has 1 N–H and O–H groups in total. The molecule has 172 valence electrons. The number of ether oxygens (including phenoxy) is 1. The number of carboxylic acid groups (broad SMARTS) is 1. The highest BCUT2D eigenvalue weighted by atomic mass is 127. The lowest BCUT2D eigenvalue weighted by Crippen LogP contribution is -2.23. The third-order valence-electron chi connectivity index (χ3n) is 4.90. The van der Waals surface area contributed by atoms with Crippen LogP contribution in [0.15, 0.2) is 76.6 Å². The molecule has 1 aliphatic heterocycles. The molecule has 0 aliphatic carbocycles. The number of benzene rings is 3.